The van der Waals surface area contributed by atoms with Crippen LogP contribution in [0.25, 0.3) is 11.1 Å². The number of nitrogens with one attached hydrogen (secondary N) is 2. The lowest BCUT2D eigenvalue weighted by molar-refractivity contribution is -0.138. The summed E-state index contributed by atoms with van der Waals surface area (Å²) in [6.07, 6.45) is 3.92. The van der Waals surface area contributed by atoms with Crippen molar-refractivity contribution in [3.05, 3.63) is 59.7 Å². The van der Waals surface area contributed by atoms with Crippen molar-refractivity contribution in [2.24, 2.45) is 5.92 Å². The van der Waals surface area contributed by atoms with E-state index in [9.17, 15) is 14.4 Å². The number of carbonyl (C=O) groups is 3. The largest absolute Gasteiger partial charge is 0.481 e. The van der Waals surface area contributed by atoms with Crippen molar-refractivity contribution >= 4 is 18.0 Å². The minimum atomic E-state index is -0.815. The van der Waals surface area contributed by atoms with Gasteiger partial charge < -0.3 is 20.5 Å². The smallest absolute Gasteiger partial charge is 0.407 e. The molecule has 186 valence electrons. The molecule has 35 heavy (non-hydrogen) atoms. The molecule has 0 aromatic heterocycles. The summed E-state index contributed by atoms with van der Waals surface area (Å²) in [5, 5.41) is 14.9. The van der Waals surface area contributed by atoms with Gasteiger partial charge in [0.25, 0.3) is 0 Å². The highest BCUT2D eigenvalue weighted by Crippen LogP contribution is 2.44. The molecule has 2 aliphatic carbocycles. The standard InChI is InChI=1S/C28H34N2O5/c1-18(8-6-15-26(31)30-25-14-7-9-19(25)16-27(32)33)29-28(34)35-17-24-22-12-4-2-10-20(22)21-11-3-5-13-23(21)24/h2-5,10-13,18-19,24-25H,6-9,14-17H2,1H3,(H,29,34)(H,30,31)(H,32,33)/t18?,19-,25+/m0/s1. The quantitative estimate of drug-likeness (QED) is 0.453. The fraction of sp³-hybridized carbons (Fsp3) is 0.464. The second kappa shape index (κ2) is 11.4. The number of hydrogen-bond donors (Lipinski definition) is 3. The second-order valence-corrected chi connectivity index (χ2v) is 9.73. The first-order chi connectivity index (χ1) is 16.9. The average molecular weight is 479 g/mol. The molecule has 0 saturated heterocycles. The van der Waals surface area contributed by atoms with Gasteiger partial charge in [-0.3, -0.25) is 9.59 Å². The van der Waals surface area contributed by atoms with E-state index in [1.165, 1.54) is 22.3 Å². The van der Waals surface area contributed by atoms with E-state index >= 15 is 0 Å². The molecule has 2 aliphatic rings. The molecule has 2 aromatic carbocycles. The van der Waals surface area contributed by atoms with Gasteiger partial charge in [0, 0.05) is 24.4 Å². The number of rotatable bonds is 10. The maximum absolute atomic E-state index is 12.4. The first-order valence-corrected chi connectivity index (χ1v) is 12.5. The zero-order valence-corrected chi connectivity index (χ0v) is 20.2. The van der Waals surface area contributed by atoms with E-state index < -0.39 is 12.1 Å². The van der Waals surface area contributed by atoms with Crippen LogP contribution in [-0.4, -0.2) is 41.8 Å². The molecule has 7 heteroatoms. The molecule has 4 rings (SSSR count). The van der Waals surface area contributed by atoms with Gasteiger partial charge in [-0.15, -0.1) is 0 Å². The Kier molecular flexibility index (Phi) is 8.06. The molecule has 3 N–H and O–H groups in total. The zero-order chi connectivity index (χ0) is 24.8. The summed E-state index contributed by atoms with van der Waals surface area (Å²) in [4.78, 5) is 35.7. The summed E-state index contributed by atoms with van der Waals surface area (Å²) in [6, 6.07) is 16.3. The maximum Gasteiger partial charge on any atom is 0.407 e. The van der Waals surface area contributed by atoms with E-state index in [0.717, 1.165) is 19.3 Å². The second-order valence-electron chi connectivity index (χ2n) is 9.73. The van der Waals surface area contributed by atoms with Gasteiger partial charge >= 0.3 is 12.1 Å². The molecule has 1 unspecified atom stereocenters. The van der Waals surface area contributed by atoms with Crippen molar-refractivity contribution < 1.29 is 24.2 Å². The Morgan fingerprint density at radius 3 is 2.34 bits per heavy atom. The number of ether oxygens (including phenoxy) is 1. The van der Waals surface area contributed by atoms with Crippen molar-refractivity contribution in [2.45, 2.75) is 69.9 Å². The molecule has 3 atom stereocenters. The minimum Gasteiger partial charge on any atom is -0.481 e. The molecule has 7 nitrogen and oxygen atoms in total. The van der Waals surface area contributed by atoms with E-state index in [-0.39, 0.29) is 42.9 Å². The number of hydrogen-bond acceptors (Lipinski definition) is 4. The van der Waals surface area contributed by atoms with Gasteiger partial charge in [0.1, 0.15) is 6.61 Å². The first kappa shape index (κ1) is 24.8. The fourth-order valence-electron chi connectivity index (χ4n) is 5.46. The SMILES string of the molecule is CC(CCCC(=O)N[C@@H]1CCC[C@H]1CC(=O)O)NC(=O)OCC1c2ccccc2-c2ccccc21. The van der Waals surface area contributed by atoms with Crippen LogP contribution in [0, 0.1) is 5.92 Å². The summed E-state index contributed by atoms with van der Waals surface area (Å²) in [7, 11) is 0. The maximum atomic E-state index is 12.4. The Balaban J connectivity index is 1.18. The van der Waals surface area contributed by atoms with E-state index in [1.54, 1.807) is 0 Å². The zero-order valence-electron chi connectivity index (χ0n) is 20.2. The minimum absolute atomic E-state index is 0.0191. The molecule has 2 amide bonds. The Morgan fingerprint density at radius 2 is 1.69 bits per heavy atom. The molecule has 1 fully saturated rings. The van der Waals surface area contributed by atoms with Crippen LogP contribution in [-0.2, 0) is 14.3 Å². The van der Waals surface area contributed by atoms with Crippen LogP contribution < -0.4 is 10.6 Å². The molecule has 2 aromatic rings. The van der Waals surface area contributed by atoms with Gasteiger partial charge in [0.15, 0.2) is 0 Å². The van der Waals surface area contributed by atoms with Crippen LogP contribution in [0.4, 0.5) is 4.79 Å². The van der Waals surface area contributed by atoms with E-state index in [2.05, 4.69) is 34.9 Å². The molecule has 0 aliphatic heterocycles. The Hall–Kier alpha value is -3.35. The third kappa shape index (κ3) is 6.21. The van der Waals surface area contributed by atoms with Crippen LogP contribution in [0.2, 0.25) is 0 Å². The monoisotopic (exact) mass is 478 g/mol. The molecular weight excluding hydrogens is 444 g/mol. The lowest BCUT2D eigenvalue weighted by atomic mass is 9.98. The number of carbonyl (C=O) groups excluding carboxylic acids is 2. The van der Waals surface area contributed by atoms with Crippen LogP contribution >= 0.6 is 0 Å². The number of amides is 2. The topological polar surface area (TPSA) is 105 Å². The number of alkyl carbamates (subject to hydrolysis) is 1. The van der Waals surface area contributed by atoms with E-state index in [0.29, 0.717) is 19.3 Å². The molecular formula is C28H34N2O5. The Labute approximate surface area is 206 Å². The number of aliphatic carboxylic acids is 1. The first-order valence-electron chi connectivity index (χ1n) is 12.5. The lowest BCUT2D eigenvalue weighted by Gasteiger charge is -2.20. The molecule has 0 bridgehead atoms. The summed E-state index contributed by atoms with van der Waals surface area (Å²) < 4.78 is 5.59. The number of fused-ring (bicyclic) bond motifs is 3. The Bertz CT molecular complexity index is 1020. The van der Waals surface area contributed by atoms with Crippen LogP contribution in [0.5, 0.6) is 0 Å². The normalized spacial score (nSPS) is 19.5. The van der Waals surface area contributed by atoms with Crippen molar-refractivity contribution in [1.82, 2.24) is 10.6 Å². The van der Waals surface area contributed by atoms with Gasteiger partial charge in [0.2, 0.25) is 5.91 Å². The number of carboxylic acid groups (broad SMARTS) is 1. The predicted molar refractivity (Wildman–Crippen MR) is 133 cm³/mol. The van der Waals surface area contributed by atoms with Crippen LogP contribution in [0.3, 0.4) is 0 Å². The fourth-order valence-corrected chi connectivity index (χ4v) is 5.46. The molecule has 0 heterocycles. The van der Waals surface area contributed by atoms with Gasteiger partial charge in [0.05, 0.1) is 6.42 Å². The summed E-state index contributed by atoms with van der Waals surface area (Å²) in [5.74, 6) is -0.830. The summed E-state index contributed by atoms with van der Waals surface area (Å²) >= 11 is 0. The molecule has 0 radical (unpaired) electrons. The van der Waals surface area contributed by atoms with Crippen LogP contribution in [0.15, 0.2) is 48.5 Å². The van der Waals surface area contributed by atoms with E-state index in [1.807, 2.05) is 31.2 Å². The van der Waals surface area contributed by atoms with Gasteiger partial charge in [-0.2, -0.15) is 0 Å². The molecule has 0 spiro atoms. The number of benzene rings is 2. The molecule has 1 saturated carbocycles. The van der Waals surface area contributed by atoms with Gasteiger partial charge in [-0.25, -0.2) is 4.79 Å². The summed E-state index contributed by atoms with van der Waals surface area (Å²) in [6.45, 7) is 2.17. The highest BCUT2D eigenvalue weighted by molar-refractivity contribution is 5.79. The third-order valence-electron chi connectivity index (χ3n) is 7.19. The Morgan fingerprint density at radius 1 is 1.03 bits per heavy atom. The van der Waals surface area contributed by atoms with Gasteiger partial charge in [-0.05, 0) is 60.8 Å². The van der Waals surface area contributed by atoms with Crippen molar-refractivity contribution in [3.8, 4) is 11.1 Å². The van der Waals surface area contributed by atoms with Gasteiger partial charge in [-0.1, -0.05) is 55.0 Å². The number of carboxylic acids is 1. The van der Waals surface area contributed by atoms with E-state index in [4.69, 9.17) is 9.84 Å². The average Bonchev–Trinajstić information content (AvgIpc) is 3.39. The lowest BCUT2D eigenvalue weighted by Crippen LogP contribution is -2.38. The van der Waals surface area contributed by atoms with Crippen molar-refractivity contribution in [3.63, 3.8) is 0 Å². The van der Waals surface area contributed by atoms with Crippen LogP contribution in [0.1, 0.15) is 68.9 Å². The predicted octanol–water partition coefficient (Wildman–Crippen LogP) is 4.84. The third-order valence-corrected chi connectivity index (χ3v) is 7.19. The highest BCUT2D eigenvalue weighted by Gasteiger charge is 2.30. The summed E-state index contributed by atoms with van der Waals surface area (Å²) in [5.41, 5.74) is 4.73. The van der Waals surface area contributed by atoms with Crippen molar-refractivity contribution in [2.75, 3.05) is 6.61 Å². The highest BCUT2D eigenvalue weighted by atomic mass is 16.5. The van der Waals surface area contributed by atoms with Crippen molar-refractivity contribution in [1.29, 1.82) is 0 Å².